The van der Waals surface area contributed by atoms with E-state index in [1.54, 1.807) is 12.1 Å². The molecule has 7 heteroatoms. The highest BCUT2D eigenvalue weighted by Crippen LogP contribution is 2.40. The number of methoxy groups -OCH3 is 3. The predicted octanol–water partition coefficient (Wildman–Crippen LogP) is 4.58. The minimum atomic E-state index is -0.203. The Morgan fingerprint density at radius 2 is 1.45 bits per heavy atom. The molecule has 3 aromatic carbocycles. The molecule has 3 rings (SSSR count). The van der Waals surface area contributed by atoms with Gasteiger partial charge in [-0.3, -0.25) is 4.79 Å². The summed E-state index contributed by atoms with van der Waals surface area (Å²) < 4.78 is 22.0. The minimum absolute atomic E-state index is 0.117. The van der Waals surface area contributed by atoms with E-state index >= 15 is 0 Å². The average Bonchev–Trinajstić information content (AvgIpc) is 2.79. The molecule has 0 aliphatic carbocycles. The van der Waals surface area contributed by atoms with Gasteiger partial charge in [-0.1, -0.05) is 30.3 Å². The van der Waals surface area contributed by atoms with E-state index in [2.05, 4.69) is 5.32 Å². The van der Waals surface area contributed by atoms with Gasteiger partial charge in [0.05, 0.1) is 33.6 Å². The Bertz CT molecular complexity index is 998. The van der Waals surface area contributed by atoms with Gasteiger partial charge in [0.15, 0.2) is 17.2 Å². The predicted molar refractivity (Wildman–Crippen MR) is 121 cm³/mol. The fourth-order valence-corrected chi connectivity index (χ4v) is 3.13. The lowest BCUT2D eigenvalue weighted by molar-refractivity contribution is -0.114. The van der Waals surface area contributed by atoms with Crippen molar-refractivity contribution in [3.63, 3.8) is 0 Å². The van der Waals surface area contributed by atoms with Crippen LogP contribution in [0.5, 0.6) is 28.7 Å². The second kappa shape index (κ2) is 10.2. The number of para-hydroxylation sites is 3. The number of benzene rings is 3. The summed E-state index contributed by atoms with van der Waals surface area (Å²) in [5, 5.41) is 2.88. The first-order chi connectivity index (χ1) is 15.0. The number of carbonyl (C=O) groups is 1. The summed E-state index contributed by atoms with van der Waals surface area (Å²) in [5.74, 6) is 2.58. The largest absolute Gasteiger partial charge is 0.493 e. The maximum absolute atomic E-state index is 12.7. The number of nitrogens with one attached hydrogen (secondary N) is 1. The highest BCUT2D eigenvalue weighted by molar-refractivity contribution is 5.95. The van der Waals surface area contributed by atoms with Crippen LogP contribution < -0.4 is 29.2 Å². The molecule has 0 heterocycles. The number of likely N-dealkylation sites (N-methyl/N-ethyl adjacent to an activating group) is 1. The Morgan fingerprint density at radius 1 is 0.839 bits per heavy atom. The number of hydrogen-bond donors (Lipinski definition) is 1. The van der Waals surface area contributed by atoms with E-state index in [9.17, 15) is 4.79 Å². The van der Waals surface area contributed by atoms with Crippen LogP contribution in [-0.2, 0) is 4.79 Å². The van der Waals surface area contributed by atoms with E-state index in [1.807, 2.05) is 66.5 Å². The highest BCUT2D eigenvalue weighted by atomic mass is 16.5. The zero-order valence-corrected chi connectivity index (χ0v) is 18.0. The van der Waals surface area contributed by atoms with Crippen LogP contribution in [0.15, 0.2) is 66.7 Å². The van der Waals surface area contributed by atoms with E-state index in [-0.39, 0.29) is 12.5 Å². The monoisotopic (exact) mass is 422 g/mol. The van der Waals surface area contributed by atoms with Gasteiger partial charge in [0.2, 0.25) is 11.7 Å². The van der Waals surface area contributed by atoms with Crippen molar-refractivity contribution in [1.29, 1.82) is 0 Å². The summed E-state index contributed by atoms with van der Waals surface area (Å²) in [5.41, 5.74) is 1.34. The normalized spacial score (nSPS) is 10.2. The van der Waals surface area contributed by atoms with Gasteiger partial charge >= 0.3 is 0 Å². The molecule has 7 nitrogen and oxygen atoms in total. The molecule has 1 N–H and O–H groups in total. The van der Waals surface area contributed by atoms with Crippen LogP contribution in [-0.4, -0.2) is 40.8 Å². The van der Waals surface area contributed by atoms with E-state index in [0.717, 1.165) is 11.4 Å². The van der Waals surface area contributed by atoms with Gasteiger partial charge in [-0.25, -0.2) is 0 Å². The van der Waals surface area contributed by atoms with E-state index in [0.29, 0.717) is 28.7 Å². The third-order valence-electron chi connectivity index (χ3n) is 4.58. The Morgan fingerprint density at radius 3 is 2.06 bits per heavy atom. The highest BCUT2D eigenvalue weighted by Gasteiger charge is 2.16. The summed E-state index contributed by atoms with van der Waals surface area (Å²) in [6.45, 7) is 0.117. The van der Waals surface area contributed by atoms with Crippen molar-refractivity contribution in [1.82, 2.24) is 0 Å². The Balaban J connectivity index is 1.73. The zero-order valence-electron chi connectivity index (χ0n) is 18.0. The van der Waals surface area contributed by atoms with Gasteiger partial charge in [0, 0.05) is 24.9 Å². The van der Waals surface area contributed by atoms with Crippen LogP contribution in [0, 0.1) is 0 Å². The molecule has 162 valence electrons. The van der Waals surface area contributed by atoms with E-state index in [4.69, 9.17) is 18.9 Å². The van der Waals surface area contributed by atoms with E-state index < -0.39 is 0 Å². The molecular formula is C24H26N2O5. The van der Waals surface area contributed by atoms with E-state index in [1.165, 1.54) is 21.3 Å². The number of nitrogens with zero attached hydrogens (tertiary/aromatic N) is 1. The lowest BCUT2D eigenvalue weighted by Crippen LogP contribution is -2.30. The second-order valence-electron chi connectivity index (χ2n) is 6.70. The molecule has 31 heavy (non-hydrogen) atoms. The van der Waals surface area contributed by atoms with Crippen molar-refractivity contribution in [2.24, 2.45) is 0 Å². The van der Waals surface area contributed by atoms with Crippen LogP contribution in [0.25, 0.3) is 0 Å². The average molecular weight is 422 g/mol. The first-order valence-electron chi connectivity index (χ1n) is 9.68. The Kier molecular flexibility index (Phi) is 7.22. The van der Waals surface area contributed by atoms with Gasteiger partial charge in [0.25, 0.3) is 0 Å². The summed E-state index contributed by atoms with van der Waals surface area (Å²) in [7, 11) is 6.42. The standard InChI is InChI=1S/C24H26N2O5/c1-26(19-12-8-9-13-20(19)31-18-10-6-5-7-11-18)16-23(27)25-17-14-21(28-2)24(30-4)22(15-17)29-3/h5-15H,16H2,1-4H3,(H,25,27). The van der Waals surface area contributed by atoms with Crippen LogP contribution in [0.3, 0.4) is 0 Å². The summed E-state index contributed by atoms with van der Waals surface area (Å²) in [6, 6.07) is 20.5. The number of ether oxygens (including phenoxy) is 4. The molecule has 0 aliphatic rings. The zero-order chi connectivity index (χ0) is 22.2. The van der Waals surface area contributed by atoms with Crippen LogP contribution in [0.2, 0.25) is 0 Å². The fourth-order valence-electron chi connectivity index (χ4n) is 3.13. The summed E-state index contributed by atoms with van der Waals surface area (Å²) in [6.07, 6.45) is 0. The first-order valence-corrected chi connectivity index (χ1v) is 9.68. The quantitative estimate of drug-likeness (QED) is 0.544. The van der Waals surface area contributed by atoms with Crippen molar-refractivity contribution < 1.29 is 23.7 Å². The molecule has 3 aromatic rings. The van der Waals surface area contributed by atoms with Gasteiger partial charge in [-0.2, -0.15) is 0 Å². The van der Waals surface area contributed by atoms with Crippen LogP contribution in [0.4, 0.5) is 11.4 Å². The number of hydrogen-bond acceptors (Lipinski definition) is 6. The van der Waals surface area contributed by atoms with Gasteiger partial charge in [-0.05, 0) is 24.3 Å². The Labute approximate surface area is 182 Å². The van der Waals surface area contributed by atoms with Crippen molar-refractivity contribution in [3.05, 3.63) is 66.7 Å². The maximum atomic E-state index is 12.7. The fraction of sp³-hybridized carbons (Fsp3) is 0.208. The van der Waals surface area contributed by atoms with Crippen LogP contribution in [0.1, 0.15) is 0 Å². The molecule has 0 aliphatic heterocycles. The summed E-state index contributed by atoms with van der Waals surface area (Å²) in [4.78, 5) is 14.5. The first kappa shape index (κ1) is 21.8. The maximum Gasteiger partial charge on any atom is 0.243 e. The van der Waals surface area contributed by atoms with Gasteiger partial charge in [-0.15, -0.1) is 0 Å². The van der Waals surface area contributed by atoms with Gasteiger partial charge < -0.3 is 29.2 Å². The second-order valence-corrected chi connectivity index (χ2v) is 6.70. The van der Waals surface area contributed by atoms with Crippen molar-refractivity contribution >= 4 is 17.3 Å². The van der Waals surface area contributed by atoms with Crippen molar-refractivity contribution in [2.75, 3.05) is 45.1 Å². The number of amides is 1. The molecule has 0 atom stereocenters. The third kappa shape index (κ3) is 5.39. The number of rotatable bonds is 9. The van der Waals surface area contributed by atoms with Crippen molar-refractivity contribution in [2.45, 2.75) is 0 Å². The molecule has 1 amide bonds. The third-order valence-corrected chi connectivity index (χ3v) is 4.58. The van der Waals surface area contributed by atoms with Crippen LogP contribution >= 0.6 is 0 Å². The SMILES string of the molecule is COc1cc(NC(=O)CN(C)c2ccccc2Oc2ccccc2)cc(OC)c1OC. The molecule has 0 spiro atoms. The molecular weight excluding hydrogens is 396 g/mol. The molecule has 0 saturated carbocycles. The molecule has 0 bridgehead atoms. The van der Waals surface area contributed by atoms with Gasteiger partial charge in [0.1, 0.15) is 5.75 Å². The van der Waals surface area contributed by atoms with Crippen molar-refractivity contribution in [3.8, 4) is 28.7 Å². The summed E-state index contributed by atoms with van der Waals surface area (Å²) >= 11 is 0. The molecule has 0 radical (unpaired) electrons. The number of anilines is 2. The molecule has 0 fully saturated rings. The topological polar surface area (TPSA) is 69.3 Å². The minimum Gasteiger partial charge on any atom is -0.493 e. The lowest BCUT2D eigenvalue weighted by Gasteiger charge is -2.22. The number of carbonyl (C=O) groups excluding carboxylic acids is 1. The molecule has 0 unspecified atom stereocenters. The smallest absolute Gasteiger partial charge is 0.243 e. The molecule has 0 saturated heterocycles. The Hall–Kier alpha value is -3.87. The molecule has 0 aromatic heterocycles. The lowest BCUT2D eigenvalue weighted by atomic mass is 10.2.